The lowest BCUT2D eigenvalue weighted by Gasteiger charge is -2.38. The summed E-state index contributed by atoms with van der Waals surface area (Å²) in [5, 5.41) is 1.31. The van der Waals surface area contributed by atoms with Gasteiger partial charge in [0.05, 0.1) is 26.4 Å². The first kappa shape index (κ1) is 25.9. The van der Waals surface area contributed by atoms with Gasteiger partial charge in [-0.15, -0.1) is 0 Å². The minimum Gasteiger partial charge on any atom is -0.493 e. The standard InChI is InChI=1S/C31H43N3O3/c1-6-26-27-20-23(8-9-28(27)32-31(26)22-7-10-29(35-4)30(19-22)36-5)34-17-13-25(14-18-34)37-24-11-15-33(16-12-24)21(2)3/h7-10,19-21,24-25,32H,6,11-18H2,1-5H3. The summed E-state index contributed by atoms with van der Waals surface area (Å²) in [6.07, 6.45) is 6.34. The topological polar surface area (TPSA) is 50.0 Å². The molecule has 0 radical (unpaired) electrons. The predicted molar refractivity (Wildman–Crippen MR) is 152 cm³/mol. The maximum Gasteiger partial charge on any atom is 0.161 e. The van der Waals surface area contributed by atoms with E-state index in [2.05, 4.69) is 65.9 Å². The number of H-pyrrole nitrogens is 1. The molecule has 2 saturated heterocycles. The number of hydrogen-bond acceptors (Lipinski definition) is 5. The van der Waals surface area contributed by atoms with Crippen molar-refractivity contribution in [2.75, 3.05) is 45.3 Å². The monoisotopic (exact) mass is 505 g/mol. The maximum atomic E-state index is 6.56. The molecule has 3 aromatic rings. The number of aromatic nitrogens is 1. The molecule has 5 rings (SSSR count). The predicted octanol–water partition coefficient (Wildman–Crippen LogP) is 6.27. The van der Waals surface area contributed by atoms with E-state index in [0.29, 0.717) is 18.2 Å². The molecule has 2 aliphatic heterocycles. The van der Waals surface area contributed by atoms with Crippen LogP contribution in [0.25, 0.3) is 22.2 Å². The number of nitrogens with zero attached hydrogens (tertiary/aromatic N) is 2. The van der Waals surface area contributed by atoms with E-state index in [1.165, 1.54) is 48.1 Å². The van der Waals surface area contributed by atoms with E-state index in [1.54, 1.807) is 14.2 Å². The van der Waals surface area contributed by atoms with Gasteiger partial charge >= 0.3 is 0 Å². The Bertz CT molecular complexity index is 1190. The van der Waals surface area contributed by atoms with Crippen molar-refractivity contribution in [3.63, 3.8) is 0 Å². The summed E-state index contributed by atoms with van der Waals surface area (Å²) in [6, 6.07) is 13.6. The van der Waals surface area contributed by atoms with Crippen LogP contribution in [-0.4, -0.2) is 68.5 Å². The van der Waals surface area contributed by atoms with Crippen molar-refractivity contribution in [2.45, 2.75) is 71.1 Å². The van der Waals surface area contributed by atoms with Crippen LogP contribution >= 0.6 is 0 Å². The average molecular weight is 506 g/mol. The number of nitrogens with one attached hydrogen (secondary N) is 1. The van der Waals surface area contributed by atoms with Gasteiger partial charge in [-0.05, 0) is 87.9 Å². The third-order valence-electron chi connectivity index (χ3n) is 8.31. The zero-order chi connectivity index (χ0) is 25.9. The first-order chi connectivity index (χ1) is 18.0. The number of methoxy groups -OCH3 is 2. The van der Waals surface area contributed by atoms with Gasteiger partial charge in [0.25, 0.3) is 0 Å². The van der Waals surface area contributed by atoms with Gasteiger partial charge < -0.3 is 29.0 Å². The first-order valence-electron chi connectivity index (χ1n) is 14.0. The molecule has 2 aliphatic rings. The number of hydrogen-bond donors (Lipinski definition) is 1. The lowest BCUT2D eigenvalue weighted by atomic mass is 10.0. The summed E-state index contributed by atoms with van der Waals surface area (Å²) >= 11 is 0. The highest BCUT2D eigenvalue weighted by molar-refractivity contribution is 5.93. The summed E-state index contributed by atoms with van der Waals surface area (Å²) < 4.78 is 17.6. The second-order valence-corrected chi connectivity index (χ2v) is 10.8. The smallest absolute Gasteiger partial charge is 0.161 e. The molecule has 200 valence electrons. The van der Waals surface area contributed by atoms with E-state index in [0.717, 1.165) is 55.1 Å². The van der Waals surface area contributed by atoms with Crippen molar-refractivity contribution in [1.82, 2.24) is 9.88 Å². The van der Waals surface area contributed by atoms with Crippen molar-refractivity contribution in [2.24, 2.45) is 0 Å². The molecule has 37 heavy (non-hydrogen) atoms. The zero-order valence-electron chi connectivity index (χ0n) is 23.2. The zero-order valence-corrected chi connectivity index (χ0v) is 23.2. The van der Waals surface area contributed by atoms with Gasteiger partial charge in [-0.1, -0.05) is 6.92 Å². The number of fused-ring (bicyclic) bond motifs is 1. The lowest BCUT2D eigenvalue weighted by Crippen LogP contribution is -2.43. The van der Waals surface area contributed by atoms with Crippen LogP contribution in [0.2, 0.25) is 0 Å². The Morgan fingerprint density at radius 3 is 2.16 bits per heavy atom. The Labute approximate surface area is 221 Å². The normalized spacial score (nSPS) is 18.2. The van der Waals surface area contributed by atoms with Crippen molar-refractivity contribution in [1.29, 1.82) is 0 Å². The van der Waals surface area contributed by atoms with Gasteiger partial charge in [0.1, 0.15) is 0 Å². The summed E-state index contributed by atoms with van der Waals surface area (Å²) in [5.41, 5.74) is 6.10. The first-order valence-corrected chi connectivity index (χ1v) is 14.0. The van der Waals surface area contributed by atoms with Crippen molar-refractivity contribution in [3.05, 3.63) is 42.0 Å². The number of anilines is 1. The minimum absolute atomic E-state index is 0.394. The molecule has 0 spiro atoms. The molecule has 0 aliphatic carbocycles. The van der Waals surface area contributed by atoms with Gasteiger partial charge in [0, 0.05) is 60.1 Å². The van der Waals surface area contributed by atoms with Crippen LogP contribution in [0.1, 0.15) is 52.0 Å². The molecule has 1 N–H and O–H groups in total. The molecule has 1 aromatic heterocycles. The van der Waals surface area contributed by atoms with E-state index in [9.17, 15) is 0 Å². The number of aromatic amines is 1. The molecule has 2 aromatic carbocycles. The molecular formula is C31H43N3O3. The highest BCUT2D eigenvalue weighted by atomic mass is 16.5. The maximum absolute atomic E-state index is 6.56. The van der Waals surface area contributed by atoms with Gasteiger partial charge in [-0.2, -0.15) is 0 Å². The molecule has 6 nitrogen and oxygen atoms in total. The Balaban J connectivity index is 1.27. The number of likely N-dealkylation sites (tertiary alicyclic amines) is 1. The Morgan fingerprint density at radius 1 is 0.865 bits per heavy atom. The molecule has 0 amide bonds. The molecule has 0 atom stereocenters. The summed E-state index contributed by atoms with van der Waals surface area (Å²) in [4.78, 5) is 8.78. The van der Waals surface area contributed by atoms with Crippen LogP contribution in [0, 0.1) is 0 Å². The quantitative estimate of drug-likeness (QED) is 0.391. The Hall–Kier alpha value is -2.70. The molecule has 0 unspecified atom stereocenters. The van der Waals surface area contributed by atoms with Crippen molar-refractivity contribution in [3.8, 4) is 22.8 Å². The fraction of sp³-hybridized carbons (Fsp3) is 0.548. The van der Waals surface area contributed by atoms with Gasteiger partial charge in [-0.25, -0.2) is 0 Å². The van der Waals surface area contributed by atoms with Gasteiger partial charge in [0.15, 0.2) is 11.5 Å². The summed E-state index contributed by atoms with van der Waals surface area (Å²) in [6.45, 7) is 11.3. The SMILES string of the molecule is CCc1c(-c2ccc(OC)c(OC)c2)[nH]c2ccc(N3CCC(OC4CCN(C(C)C)CC4)CC3)cc12. The van der Waals surface area contributed by atoms with Crippen LogP contribution in [0.5, 0.6) is 11.5 Å². The number of ether oxygens (including phenoxy) is 3. The van der Waals surface area contributed by atoms with Crippen LogP contribution in [0.15, 0.2) is 36.4 Å². The summed E-state index contributed by atoms with van der Waals surface area (Å²) in [5.74, 6) is 1.49. The second-order valence-electron chi connectivity index (χ2n) is 10.8. The summed E-state index contributed by atoms with van der Waals surface area (Å²) in [7, 11) is 3.36. The van der Waals surface area contributed by atoms with Crippen LogP contribution in [0.4, 0.5) is 5.69 Å². The number of aryl methyl sites for hydroxylation is 1. The highest BCUT2D eigenvalue weighted by Gasteiger charge is 2.27. The van der Waals surface area contributed by atoms with Crippen LogP contribution in [-0.2, 0) is 11.2 Å². The fourth-order valence-corrected chi connectivity index (χ4v) is 6.09. The molecule has 0 saturated carbocycles. The van der Waals surface area contributed by atoms with Gasteiger partial charge in [-0.3, -0.25) is 0 Å². The third-order valence-corrected chi connectivity index (χ3v) is 8.31. The van der Waals surface area contributed by atoms with E-state index in [-0.39, 0.29) is 0 Å². The van der Waals surface area contributed by atoms with Crippen molar-refractivity contribution >= 4 is 16.6 Å². The Morgan fingerprint density at radius 2 is 1.54 bits per heavy atom. The second kappa shape index (κ2) is 11.4. The number of benzene rings is 2. The van der Waals surface area contributed by atoms with E-state index in [4.69, 9.17) is 14.2 Å². The lowest BCUT2D eigenvalue weighted by molar-refractivity contribution is -0.0540. The molecule has 0 bridgehead atoms. The van der Waals surface area contributed by atoms with Gasteiger partial charge in [0.2, 0.25) is 0 Å². The third kappa shape index (κ3) is 5.46. The molecule has 2 fully saturated rings. The Kier molecular flexibility index (Phi) is 7.96. The van der Waals surface area contributed by atoms with Crippen LogP contribution in [0.3, 0.4) is 0 Å². The average Bonchev–Trinajstić information content (AvgIpc) is 3.31. The highest BCUT2D eigenvalue weighted by Crippen LogP contribution is 2.37. The molecule has 3 heterocycles. The number of piperidine rings is 2. The van der Waals surface area contributed by atoms with Crippen LogP contribution < -0.4 is 14.4 Å². The van der Waals surface area contributed by atoms with E-state index < -0.39 is 0 Å². The number of rotatable bonds is 8. The van der Waals surface area contributed by atoms with E-state index >= 15 is 0 Å². The fourth-order valence-electron chi connectivity index (χ4n) is 6.09. The van der Waals surface area contributed by atoms with E-state index in [1.807, 2.05) is 6.07 Å². The molecular weight excluding hydrogens is 462 g/mol. The van der Waals surface area contributed by atoms with Crippen molar-refractivity contribution < 1.29 is 14.2 Å². The minimum atomic E-state index is 0.394. The molecule has 6 heteroatoms. The largest absolute Gasteiger partial charge is 0.493 e.